The minimum Gasteiger partial charge on any atom is -0.480 e. The van der Waals surface area contributed by atoms with Gasteiger partial charge in [0.25, 0.3) is 0 Å². The van der Waals surface area contributed by atoms with Gasteiger partial charge in [-0.05, 0) is 18.4 Å². The van der Waals surface area contributed by atoms with Gasteiger partial charge in [0, 0.05) is 24.3 Å². The highest BCUT2D eigenvalue weighted by atomic mass is 16.4. The topological polar surface area (TPSA) is 123 Å². The second-order valence-electron chi connectivity index (χ2n) is 3.96. The first kappa shape index (κ1) is 14.0. The van der Waals surface area contributed by atoms with E-state index in [1.54, 1.807) is 0 Å². The molecule has 8 heteroatoms. The van der Waals surface area contributed by atoms with Crippen molar-refractivity contribution in [2.45, 2.75) is 38.1 Å². The molecular formula is C10H14N4O4. The van der Waals surface area contributed by atoms with Crippen molar-refractivity contribution >= 4 is 17.8 Å². The Bertz CT molecular complexity index is 387. The third kappa shape index (κ3) is 3.46. The van der Waals surface area contributed by atoms with Crippen LogP contribution in [-0.4, -0.2) is 40.4 Å². The Morgan fingerprint density at radius 1 is 1.39 bits per heavy atom. The number of nitrogens with zero attached hydrogens (tertiary/aromatic N) is 4. The first-order chi connectivity index (χ1) is 8.57. The number of unbranched alkanes of at least 4 members (excludes halogenated alkanes) is 1. The maximum Gasteiger partial charge on any atom is 0.326 e. The lowest BCUT2D eigenvalue weighted by atomic mass is 10.1. The van der Waals surface area contributed by atoms with Gasteiger partial charge >= 0.3 is 5.97 Å². The summed E-state index contributed by atoms with van der Waals surface area (Å²) in [5, 5.41) is 12.4. The third-order valence-corrected chi connectivity index (χ3v) is 2.74. The van der Waals surface area contributed by atoms with Gasteiger partial charge in [0.05, 0.1) is 0 Å². The third-order valence-electron chi connectivity index (χ3n) is 2.74. The molecule has 0 saturated carbocycles. The predicted molar refractivity (Wildman–Crippen MR) is 60.4 cm³/mol. The average molecular weight is 254 g/mol. The van der Waals surface area contributed by atoms with Crippen LogP contribution in [0.15, 0.2) is 5.11 Å². The van der Waals surface area contributed by atoms with E-state index in [0.29, 0.717) is 12.8 Å². The van der Waals surface area contributed by atoms with Gasteiger partial charge in [-0.1, -0.05) is 11.5 Å². The molecule has 0 radical (unpaired) electrons. The minimum atomic E-state index is -1.18. The number of aliphatic carboxylic acids is 1. The zero-order valence-electron chi connectivity index (χ0n) is 9.78. The Balaban J connectivity index is 2.54. The number of imide groups is 1. The van der Waals surface area contributed by atoms with E-state index in [4.69, 9.17) is 10.6 Å². The molecule has 0 spiro atoms. The molecule has 98 valence electrons. The lowest BCUT2D eigenvalue weighted by Gasteiger charge is -2.22. The molecule has 1 aliphatic rings. The van der Waals surface area contributed by atoms with E-state index in [-0.39, 0.29) is 25.8 Å². The molecule has 1 saturated heterocycles. The lowest BCUT2D eigenvalue weighted by Crippen LogP contribution is -2.44. The number of amides is 2. The summed E-state index contributed by atoms with van der Waals surface area (Å²) in [5.41, 5.74) is 8.07. The summed E-state index contributed by atoms with van der Waals surface area (Å²) in [5.74, 6) is -2.03. The van der Waals surface area contributed by atoms with Gasteiger partial charge in [0.15, 0.2) is 0 Å². The highest BCUT2D eigenvalue weighted by molar-refractivity contribution is 6.04. The molecule has 0 aromatic heterocycles. The van der Waals surface area contributed by atoms with Crippen molar-refractivity contribution in [3.8, 4) is 0 Å². The number of azide groups is 1. The number of rotatable bonds is 7. The molecule has 8 nitrogen and oxygen atoms in total. The monoisotopic (exact) mass is 254 g/mol. The van der Waals surface area contributed by atoms with Crippen molar-refractivity contribution < 1.29 is 19.5 Å². The molecule has 1 fully saturated rings. The summed E-state index contributed by atoms with van der Waals surface area (Å²) in [6.45, 7) is 0.282. The van der Waals surface area contributed by atoms with Crippen LogP contribution in [-0.2, 0) is 14.4 Å². The van der Waals surface area contributed by atoms with Crippen LogP contribution in [0, 0.1) is 0 Å². The molecule has 1 rings (SSSR count). The molecule has 18 heavy (non-hydrogen) atoms. The van der Waals surface area contributed by atoms with Crippen molar-refractivity contribution in [2.24, 2.45) is 5.11 Å². The molecule has 1 aliphatic heterocycles. The highest BCUT2D eigenvalue weighted by Crippen LogP contribution is 2.19. The van der Waals surface area contributed by atoms with E-state index in [0.717, 1.165) is 4.90 Å². The fourth-order valence-corrected chi connectivity index (χ4v) is 1.87. The molecule has 1 N–H and O–H groups in total. The summed E-state index contributed by atoms with van der Waals surface area (Å²) >= 11 is 0. The maximum atomic E-state index is 11.4. The minimum absolute atomic E-state index is 0.0847. The van der Waals surface area contributed by atoms with Crippen molar-refractivity contribution in [2.75, 3.05) is 6.54 Å². The number of hydrogen-bond donors (Lipinski definition) is 1. The molecule has 0 aromatic carbocycles. The number of carbonyl (C=O) groups is 3. The van der Waals surface area contributed by atoms with Crippen LogP contribution in [0.2, 0.25) is 0 Å². The fourth-order valence-electron chi connectivity index (χ4n) is 1.87. The van der Waals surface area contributed by atoms with E-state index in [9.17, 15) is 14.4 Å². The molecule has 0 aromatic rings. The van der Waals surface area contributed by atoms with E-state index in [1.165, 1.54) is 0 Å². The van der Waals surface area contributed by atoms with Crippen LogP contribution < -0.4 is 0 Å². The van der Waals surface area contributed by atoms with Gasteiger partial charge < -0.3 is 5.11 Å². The van der Waals surface area contributed by atoms with E-state index < -0.39 is 23.8 Å². The van der Waals surface area contributed by atoms with Gasteiger partial charge in [-0.2, -0.15) is 0 Å². The first-order valence-corrected chi connectivity index (χ1v) is 5.66. The molecule has 1 unspecified atom stereocenters. The summed E-state index contributed by atoms with van der Waals surface area (Å²) in [6.07, 6.45) is 1.37. The highest BCUT2D eigenvalue weighted by Gasteiger charge is 2.38. The average Bonchev–Trinajstić information content (AvgIpc) is 2.64. The van der Waals surface area contributed by atoms with Gasteiger partial charge in [0.2, 0.25) is 11.8 Å². The number of hydrogen-bond acceptors (Lipinski definition) is 4. The van der Waals surface area contributed by atoms with E-state index in [2.05, 4.69) is 10.0 Å². The molecule has 0 aliphatic carbocycles. The van der Waals surface area contributed by atoms with Gasteiger partial charge in [-0.15, -0.1) is 0 Å². The van der Waals surface area contributed by atoms with Crippen molar-refractivity contribution in [3.05, 3.63) is 10.4 Å². The number of carboxylic acids is 1. The molecule has 2 amide bonds. The quantitative estimate of drug-likeness (QED) is 0.240. The van der Waals surface area contributed by atoms with E-state index >= 15 is 0 Å². The Hall–Kier alpha value is -2.08. The van der Waals surface area contributed by atoms with Crippen LogP contribution in [0.5, 0.6) is 0 Å². The molecule has 1 atom stereocenters. The SMILES string of the molecule is [N-]=[N+]=NCCCCC(C(=O)O)N1C(=O)CCC1=O. The van der Waals surface area contributed by atoms with Crippen LogP contribution in [0.25, 0.3) is 10.4 Å². The zero-order valence-corrected chi connectivity index (χ0v) is 9.78. The molecule has 0 bridgehead atoms. The predicted octanol–water partition coefficient (Wildman–Crippen LogP) is 1.07. The molecular weight excluding hydrogens is 240 g/mol. The van der Waals surface area contributed by atoms with Crippen LogP contribution in [0.1, 0.15) is 32.1 Å². The van der Waals surface area contributed by atoms with E-state index in [1.807, 2.05) is 0 Å². The van der Waals surface area contributed by atoms with Crippen molar-refractivity contribution in [1.29, 1.82) is 0 Å². The Morgan fingerprint density at radius 2 is 2.00 bits per heavy atom. The first-order valence-electron chi connectivity index (χ1n) is 5.66. The standard InChI is InChI=1S/C10H14N4O4/c11-13-12-6-2-1-3-7(10(17)18)14-8(15)4-5-9(14)16/h7H,1-6H2,(H,17,18). The fraction of sp³-hybridized carbons (Fsp3) is 0.700. The Labute approximate surface area is 103 Å². The largest absolute Gasteiger partial charge is 0.480 e. The smallest absolute Gasteiger partial charge is 0.326 e. The van der Waals surface area contributed by atoms with Crippen LogP contribution in [0.4, 0.5) is 0 Å². The Kier molecular flexibility index (Phi) is 5.13. The summed E-state index contributed by atoms with van der Waals surface area (Å²) in [7, 11) is 0. The Morgan fingerprint density at radius 3 is 2.50 bits per heavy atom. The number of likely N-dealkylation sites (tertiary alicyclic amines) is 1. The summed E-state index contributed by atoms with van der Waals surface area (Å²) in [4.78, 5) is 37.4. The maximum absolute atomic E-state index is 11.4. The van der Waals surface area contributed by atoms with Crippen LogP contribution in [0.3, 0.4) is 0 Å². The second kappa shape index (κ2) is 6.61. The molecule has 1 heterocycles. The second-order valence-corrected chi connectivity index (χ2v) is 3.96. The lowest BCUT2D eigenvalue weighted by molar-refractivity contribution is -0.154. The van der Waals surface area contributed by atoms with Crippen LogP contribution >= 0.6 is 0 Å². The normalized spacial score (nSPS) is 16.6. The van der Waals surface area contributed by atoms with Crippen molar-refractivity contribution in [3.63, 3.8) is 0 Å². The number of carboxylic acid groups (broad SMARTS) is 1. The van der Waals surface area contributed by atoms with Gasteiger partial charge in [-0.3, -0.25) is 14.5 Å². The summed E-state index contributed by atoms with van der Waals surface area (Å²) < 4.78 is 0. The summed E-state index contributed by atoms with van der Waals surface area (Å²) in [6, 6.07) is -1.10. The zero-order chi connectivity index (χ0) is 13.5. The number of carbonyl (C=O) groups excluding carboxylic acids is 2. The van der Waals surface area contributed by atoms with Crippen molar-refractivity contribution in [1.82, 2.24) is 4.90 Å². The van der Waals surface area contributed by atoms with Gasteiger partial charge in [-0.25, -0.2) is 4.79 Å². The van der Waals surface area contributed by atoms with Gasteiger partial charge in [0.1, 0.15) is 6.04 Å².